The van der Waals surface area contributed by atoms with Crippen molar-refractivity contribution in [1.82, 2.24) is 4.57 Å². The van der Waals surface area contributed by atoms with Crippen LogP contribution in [0.25, 0.3) is 0 Å². The minimum absolute atomic E-state index is 0.0275. The first-order chi connectivity index (χ1) is 11.6. The molecule has 1 aliphatic rings. The van der Waals surface area contributed by atoms with E-state index >= 15 is 0 Å². The van der Waals surface area contributed by atoms with E-state index in [0.29, 0.717) is 10.7 Å². The second kappa shape index (κ2) is 6.40. The van der Waals surface area contributed by atoms with Gasteiger partial charge in [-0.1, -0.05) is 39.0 Å². The molecule has 2 aromatic rings. The summed E-state index contributed by atoms with van der Waals surface area (Å²) in [5, 5.41) is 0. The van der Waals surface area contributed by atoms with Gasteiger partial charge < -0.3 is 4.57 Å². The summed E-state index contributed by atoms with van der Waals surface area (Å²) in [6.45, 7) is 11.2. The van der Waals surface area contributed by atoms with Gasteiger partial charge in [-0.3, -0.25) is 0 Å². The summed E-state index contributed by atoms with van der Waals surface area (Å²) in [6, 6.07) is 7.02. The number of rotatable bonds is 4. The van der Waals surface area contributed by atoms with E-state index in [1.54, 1.807) is 25.1 Å². The van der Waals surface area contributed by atoms with E-state index in [1.165, 1.54) is 29.1 Å². The maximum atomic E-state index is 12.9. The van der Waals surface area contributed by atoms with Crippen LogP contribution in [-0.2, 0) is 22.0 Å². The zero-order chi connectivity index (χ0) is 18.4. The summed E-state index contributed by atoms with van der Waals surface area (Å²) in [5.41, 5.74) is 1.84. The Morgan fingerprint density at radius 1 is 1.20 bits per heavy atom. The summed E-state index contributed by atoms with van der Waals surface area (Å²) in [7, 11) is -3.72. The second-order valence-electron chi connectivity index (χ2n) is 7.94. The molecule has 0 radical (unpaired) electrons. The Balaban J connectivity index is 2.18. The predicted octanol–water partition coefficient (Wildman–Crippen LogP) is 4.16. The number of aryl methyl sites for hydroxylation is 1. The maximum absolute atomic E-state index is 12.9. The van der Waals surface area contributed by atoms with E-state index in [2.05, 4.69) is 36.7 Å². The van der Waals surface area contributed by atoms with Crippen molar-refractivity contribution in [2.75, 3.05) is 0 Å². The minimum Gasteiger partial charge on any atom is -0.320 e. The average Bonchev–Trinajstić information content (AvgIpc) is 3.26. The van der Waals surface area contributed by atoms with Crippen molar-refractivity contribution in [3.8, 4) is 0 Å². The Hall–Kier alpha value is -1.40. The predicted molar refractivity (Wildman–Crippen MR) is 102 cm³/mol. The van der Waals surface area contributed by atoms with Gasteiger partial charge in [0.05, 0.1) is 4.90 Å². The van der Waals surface area contributed by atoms with Crippen molar-refractivity contribution in [3.05, 3.63) is 45.2 Å². The van der Waals surface area contributed by atoms with Gasteiger partial charge in [0.15, 0.2) is 0 Å². The molecular formula is C19H26N2O2S2. The number of hydrogen-bond acceptors (Lipinski definition) is 3. The molecule has 0 aliphatic heterocycles. The molecule has 0 N–H and O–H groups in total. The van der Waals surface area contributed by atoms with Crippen LogP contribution < -0.4 is 4.80 Å². The van der Waals surface area contributed by atoms with Gasteiger partial charge in [-0.25, -0.2) is 0 Å². The summed E-state index contributed by atoms with van der Waals surface area (Å²) in [5.74, 6) is 0.654. The van der Waals surface area contributed by atoms with Gasteiger partial charge >= 0.3 is 0 Å². The van der Waals surface area contributed by atoms with Crippen LogP contribution in [0.15, 0.2) is 33.6 Å². The first kappa shape index (κ1) is 18.4. The van der Waals surface area contributed by atoms with Gasteiger partial charge in [0, 0.05) is 17.1 Å². The number of nitrogens with zero attached hydrogens (tertiary/aromatic N) is 2. The molecule has 1 aromatic heterocycles. The average molecular weight is 379 g/mol. The lowest BCUT2D eigenvalue weighted by Gasteiger charge is -2.17. The van der Waals surface area contributed by atoms with Gasteiger partial charge in [0.2, 0.25) is 4.80 Å². The number of thiazole rings is 1. The van der Waals surface area contributed by atoms with E-state index < -0.39 is 10.0 Å². The van der Waals surface area contributed by atoms with Gasteiger partial charge in [-0.05, 0) is 49.7 Å². The summed E-state index contributed by atoms with van der Waals surface area (Å²) in [4.78, 5) is 2.08. The molecule has 136 valence electrons. The van der Waals surface area contributed by atoms with Crippen molar-refractivity contribution < 1.29 is 8.42 Å². The fraction of sp³-hybridized carbons (Fsp3) is 0.526. The monoisotopic (exact) mass is 378 g/mol. The molecule has 0 unspecified atom stereocenters. The summed E-state index contributed by atoms with van der Waals surface area (Å²) >= 11 is 1.51. The van der Waals surface area contributed by atoms with Crippen LogP contribution in [0.2, 0.25) is 0 Å². The van der Waals surface area contributed by atoms with Crippen molar-refractivity contribution in [3.63, 3.8) is 0 Å². The lowest BCUT2D eigenvalue weighted by atomic mass is 9.93. The smallest absolute Gasteiger partial charge is 0.285 e. The third-order valence-corrected chi connectivity index (χ3v) is 7.70. The second-order valence-corrected chi connectivity index (χ2v) is 10.5. The molecule has 1 aliphatic carbocycles. The van der Waals surface area contributed by atoms with E-state index in [-0.39, 0.29) is 10.3 Å². The van der Waals surface area contributed by atoms with E-state index in [0.717, 1.165) is 17.8 Å². The highest BCUT2D eigenvalue weighted by atomic mass is 32.2. The van der Waals surface area contributed by atoms with Crippen LogP contribution in [0.1, 0.15) is 49.7 Å². The topological polar surface area (TPSA) is 51.4 Å². The molecule has 6 heteroatoms. The molecule has 25 heavy (non-hydrogen) atoms. The van der Waals surface area contributed by atoms with Gasteiger partial charge in [-0.15, -0.1) is 15.7 Å². The number of benzene rings is 1. The zero-order valence-electron chi connectivity index (χ0n) is 15.5. The molecular weight excluding hydrogens is 352 g/mol. The Labute approximate surface area is 154 Å². The lowest BCUT2D eigenvalue weighted by Crippen LogP contribution is -2.20. The molecule has 1 fully saturated rings. The van der Waals surface area contributed by atoms with E-state index in [9.17, 15) is 8.42 Å². The van der Waals surface area contributed by atoms with Crippen molar-refractivity contribution in [1.29, 1.82) is 0 Å². The first-order valence-corrected chi connectivity index (χ1v) is 10.9. The Kier molecular flexibility index (Phi) is 4.71. The lowest BCUT2D eigenvalue weighted by molar-refractivity contribution is 0.562. The molecule has 4 nitrogen and oxygen atoms in total. The molecule has 3 rings (SSSR count). The number of aromatic nitrogens is 1. The first-order valence-electron chi connectivity index (χ1n) is 8.67. The molecule has 0 amide bonds. The highest BCUT2D eigenvalue weighted by Gasteiger charge is 2.27. The fourth-order valence-electron chi connectivity index (χ4n) is 3.02. The molecule has 1 saturated carbocycles. The summed E-state index contributed by atoms with van der Waals surface area (Å²) in [6.07, 6.45) is 2.44. The van der Waals surface area contributed by atoms with Gasteiger partial charge in [0.25, 0.3) is 10.0 Å². The molecule has 1 aromatic carbocycles. The van der Waals surface area contributed by atoms with Crippen molar-refractivity contribution in [2.45, 2.75) is 64.3 Å². The molecule has 0 bridgehead atoms. The van der Waals surface area contributed by atoms with Crippen LogP contribution in [-0.4, -0.2) is 13.0 Å². The third kappa shape index (κ3) is 3.90. The van der Waals surface area contributed by atoms with Crippen LogP contribution in [0.5, 0.6) is 0 Å². The van der Waals surface area contributed by atoms with Crippen LogP contribution in [0.4, 0.5) is 0 Å². The maximum Gasteiger partial charge on any atom is 0.285 e. The van der Waals surface area contributed by atoms with Crippen LogP contribution in [0.3, 0.4) is 0 Å². The van der Waals surface area contributed by atoms with E-state index in [1.807, 2.05) is 6.07 Å². The largest absolute Gasteiger partial charge is 0.320 e. The van der Waals surface area contributed by atoms with Crippen LogP contribution in [0, 0.1) is 19.8 Å². The Bertz CT molecular complexity index is 956. The Morgan fingerprint density at radius 2 is 1.84 bits per heavy atom. The van der Waals surface area contributed by atoms with Crippen molar-refractivity contribution >= 4 is 21.4 Å². The Morgan fingerprint density at radius 3 is 2.40 bits per heavy atom. The number of hydrogen-bond donors (Lipinski definition) is 0. The molecule has 1 heterocycles. The molecule has 0 spiro atoms. The molecule has 0 atom stereocenters. The highest BCUT2D eigenvalue weighted by Crippen LogP contribution is 2.33. The number of sulfonamides is 1. The van der Waals surface area contributed by atoms with Crippen LogP contribution >= 0.6 is 11.3 Å². The fourth-order valence-corrected chi connectivity index (χ4v) is 5.66. The van der Waals surface area contributed by atoms with E-state index in [4.69, 9.17) is 0 Å². The minimum atomic E-state index is -3.72. The van der Waals surface area contributed by atoms with Gasteiger partial charge in [-0.2, -0.15) is 8.42 Å². The highest BCUT2D eigenvalue weighted by molar-refractivity contribution is 7.90. The third-order valence-electron chi connectivity index (χ3n) is 4.55. The zero-order valence-corrected chi connectivity index (χ0v) is 17.2. The van der Waals surface area contributed by atoms with Gasteiger partial charge in [0.1, 0.15) is 0 Å². The quantitative estimate of drug-likeness (QED) is 0.802. The van der Waals surface area contributed by atoms with Crippen molar-refractivity contribution in [2.24, 2.45) is 10.3 Å². The molecule has 0 saturated heterocycles. The standard InChI is InChI=1S/C19H26N2O2S2/c1-13-8-6-7-9-16(13)25(22,23)20-18-21(12-15-10-11-15)14(2)17(24-18)19(3,4)5/h6-9,15H,10-12H2,1-5H3. The SMILES string of the molecule is Cc1ccccc1S(=O)(=O)N=c1sc(C(C)(C)C)c(C)n1CC1CC1. The summed E-state index contributed by atoms with van der Waals surface area (Å²) < 4.78 is 32.1. The normalized spacial score (nSPS) is 16.4.